The van der Waals surface area contributed by atoms with Crippen LogP contribution in [0.1, 0.15) is 19.4 Å². The molecule has 116 valence electrons. The number of nitrogens with one attached hydrogen (secondary N) is 2. The van der Waals surface area contributed by atoms with Crippen LogP contribution in [-0.4, -0.2) is 38.5 Å². The number of benzene rings is 1. The molecule has 1 heterocycles. The molecule has 1 fully saturated rings. The fraction of sp³-hybridized carbons (Fsp3) is 0.533. The maximum Gasteiger partial charge on any atom is 0.407 e. The Hall–Kier alpha value is -1.95. The van der Waals surface area contributed by atoms with Gasteiger partial charge in [-0.3, -0.25) is 0 Å². The summed E-state index contributed by atoms with van der Waals surface area (Å²) in [5, 5.41) is 5.96. The van der Waals surface area contributed by atoms with E-state index < -0.39 is 0 Å². The second-order valence-corrected chi connectivity index (χ2v) is 5.23. The molecule has 1 aliphatic heterocycles. The van der Waals surface area contributed by atoms with Crippen molar-refractivity contribution in [3.63, 3.8) is 0 Å². The van der Waals surface area contributed by atoms with Crippen molar-refractivity contribution in [2.45, 2.75) is 32.5 Å². The van der Waals surface area contributed by atoms with E-state index >= 15 is 0 Å². The number of hydrogen-bond donors (Lipinski definition) is 2. The normalized spacial score (nSPS) is 17.5. The van der Waals surface area contributed by atoms with Gasteiger partial charge in [0.1, 0.15) is 18.1 Å². The average molecular weight is 294 g/mol. The van der Waals surface area contributed by atoms with Crippen LogP contribution < -0.4 is 20.1 Å². The number of cyclic esters (lactones) is 1. The Morgan fingerprint density at radius 2 is 2.29 bits per heavy atom. The summed E-state index contributed by atoms with van der Waals surface area (Å²) in [6, 6.07) is 6.06. The molecule has 21 heavy (non-hydrogen) atoms. The molecule has 0 aromatic heterocycles. The van der Waals surface area contributed by atoms with Gasteiger partial charge in [-0.15, -0.1) is 0 Å². The van der Waals surface area contributed by atoms with Gasteiger partial charge in [0, 0.05) is 18.2 Å². The van der Waals surface area contributed by atoms with E-state index in [2.05, 4.69) is 24.5 Å². The lowest BCUT2D eigenvalue weighted by Gasteiger charge is -2.16. The average Bonchev–Trinajstić information content (AvgIpc) is 2.88. The Morgan fingerprint density at radius 1 is 1.48 bits per heavy atom. The summed E-state index contributed by atoms with van der Waals surface area (Å²) in [4.78, 5) is 11.0. The molecular weight excluding hydrogens is 272 g/mol. The summed E-state index contributed by atoms with van der Waals surface area (Å²) in [6.07, 6.45) is -0.634. The molecule has 2 N–H and O–H groups in total. The first-order valence-corrected chi connectivity index (χ1v) is 7.06. The molecule has 2 rings (SSSR count). The first-order valence-electron chi connectivity index (χ1n) is 7.06. The molecule has 1 unspecified atom stereocenters. The van der Waals surface area contributed by atoms with Crippen LogP contribution in [-0.2, 0) is 11.3 Å². The molecule has 1 aromatic carbocycles. The van der Waals surface area contributed by atoms with E-state index in [0.29, 0.717) is 25.7 Å². The Kier molecular flexibility index (Phi) is 5.27. The van der Waals surface area contributed by atoms with Crippen LogP contribution >= 0.6 is 0 Å². The molecule has 6 nitrogen and oxygen atoms in total. The van der Waals surface area contributed by atoms with Crippen LogP contribution in [0.4, 0.5) is 4.79 Å². The zero-order valence-electron chi connectivity index (χ0n) is 12.6. The molecule has 1 atom stereocenters. The fourth-order valence-electron chi connectivity index (χ4n) is 1.98. The van der Waals surface area contributed by atoms with Crippen molar-refractivity contribution in [3.8, 4) is 11.5 Å². The van der Waals surface area contributed by atoms with E-state index in [1.807, 2.05) is 18.2 Å². The lowest BCUT2D eigenvalue weighted by Crippen LogP contribution is -2.24. The van der Waals surface area contributed by atoms with Crippen molar-refractivity contribution >= 4 is 6.09 Å². The number of carbonyl (C=O) groups excluding carboxylic acids is 1. The third-order valence-electron chi connectivity index (χ3n) is 3.14. The molecule has 1 saturated heterocycles. The van der Waals surface area contributed by atoms with Crippen molar-refractivity contribution in [1.82, 2.24) is 10.6 Å². The van der Waals surface area contributed by atoms with Crippen LogP contribution in [0, 0.1) is 0 Å². The molecule has 0 saturated carbocycles. The molecule has 0 radical (unpaired) electrons. The van der Waals surface area contributed by atoms with Crippen LogP contribution in [0.5, 0.6) is 11.5 Å². The Bertz CT molecular complexity index is 491. The summed E-state index contributed by atoms with van der Waals surface area (Å²) >= 11 is 0. The van der Waals surface area contributed by atoms with Gasteiger partial charge in [0.15, 0.2) is 6.10 Å². The third-order valence-corrected chi connectivity index (χ3v) is 3.14. The van der Waals surface area contributed by atoms with Crippen LogP contribution in [0.25, 0.3) is 0 Å². The van der Waals surface area contributed by atoms with E-state index in [1.165, 1.54) is 0 Å². The maximum absolute atomic E-state index is 11.0. The van der Waals surface area contributed by atoms with E-state index in [4.69, 9.17) is 14.2 Å². The third kappa shape index (κ3) is 4.53. The number of alkyl carbamates (subject to hydrolysis) is 1. The van der Waals surface area contributed by atoms with Gasteiger partial charge >= 0.3 is 6.09 Å². The summed E-state index contributed by atoms with van der Waals surface area (Å²) in [5.74, 6) is 1.56. The van der Waals surface area contributed by atoms with Crippen molar-refractivity contribution in [2.75, 3.05) is 20.3 Å². The number of hydrogen-bond acceptors (Lipinski definition) is 5. The minimum absolute atomic E-state index is 0.245. The van der Waals surface area contributed by atoms with Gasteiger partial charge in [-0.25, -0.2) is 4.79 Å². The Morgan fingerprint density at radius 3 is 2.90 bits per heavy atom. The number of rotatable bonds is 7. The highest BCUT2D eigenvalue weighted by atomic mass is 16.6. The van der Waals surface area contributed by atoms with Gasteiger partial charge in [0.2, 0.25) is 0 Å². The molecule has 1 amide bonds. The number of carbonyl (C=O) groups is 1. The summed E-state index contributed by atoms with van der Waals surface area (Å²) in [6.45, 7) is 5.68. The van der Waals surface area contributed by atoms with Gasteiger partial charge < -0.3 is 24.8 Å². The first-order chi connectivity index (χ1) is 10.1. The minimum Gasteiger partial charge on any atom is -0.497 e. The highest BCUT2D eigenvalue weighted by molar-refractivity contribution is 5.69. The standard InChI is InChI=1S/C15H22N2O4/c1-10(2)16-7-11-6-12(19-3)4-5-14(11)20-9-13-8-17-15(18)21-13/h4-6,10,13,16H,7-9H2,1-3H3,(H,17,18). The van der Waals surface area contributed by atoms with Crippen molar-refractivity contribution in [2.24, 2.45) is 0 Å². The van der Waals surface area contributed by atoms with E-state index in [1.54, 1.807) is 7.11 Å². The quantitative estimate of drug-likeness (QED) is 0.801. The summed E-state index contributed by atoms with van der Waals surface area (Å²) in [7, 11) is 1.64. The van der Waals surface area contributed by atoms with E-state index in [-0.39, 0.29) is 12.2 Å². The highest BCUT2D eigenvalue weighted by Gasteiger charge is 2.23. The lowest BCUT2D eigenvalue weighted by atomic mass is 10.1. The molecule has 0 aliphatic carbocycles. The minimum atomic E-state index is -0.389. The highest BCUT2D eigenvalue weighted by Crippen LogP contribution is 2.24. The van der Waals surface area contributed by atoms with Crippen molar-refractivity contribution < 1.29 is 19.0 Å². The Labute approximate surface area is 124 Å². The van der Waals surface area contributed by atoms with Gasteiger partial charge in [-0.1, -0.05) is 13.8 Å². The predicted molar refractivity (Wildman–Crippen MR) is 78.7 cm³/mol. The number of methoxy groups -OCH3 is 1. The smallest absolute Gasteiger partial charge is 0.407 e. The van der Waals surface area contributed by atoms with Gasteiger partial charge in [0.25, 0.3) is 0 Å². The van der Waals surface area contributed by atoms with Crippen molar-refractivity contribution in [3.05, 3.63) is 23.8 Å². The fourth-order valence-corrected chi connectivity index (χ4v) is 1.98. The predicted octanol–water partition coefficient (Wildman–Crippen LogP) is 1.68. The molecule has 1 aliphatic rings. The zero-order valence-corrected chi connectivity index (χ0v) is 12.6. The lowest BCUT2D eigenvalue weighted by molar-refractivity contribution is 0.104. The van der Waals surface area contributed by atoms with E-state index in [9.17, 15) is 4.79 Å². The second-order valence-electron chi connectivity index (χ2n) is 5.23. The molecule has 1 aromatic rings. The van der Waals surface area contributed by atoms with Gasteiger partial charge in [0.05, 0.1) is 13.7 Å². The summed E-state index contributed by atoms with van der Waals surface area (Å²) in [5.41, 5.74) is 1.01. The van der Waals surface area contributed by atoms with Crippen LogP contribution in [0.2, 0.25) is 0 Å². The van der Waals surface area contributed by atoms with E-state index in [0.717, 1.165) is 17.1 Å². The van der Waals surface area contributed by atoms with Gasteiger partial charge in [-0.2, -0.15) is 0 Å². The number of amides is 1. The number of ether oxygens (including phenoxy) is 3. The first kappa shape index (κ1) is 15.4. The topological polar surface area (TPSA) is 68.8 Å². The Balaban J connectivity index is 2.00. The zero-order chi connectivity index (χ0) is 15.2. The molecule has 0 spiro atoms. The molecule has 0 bridgehead atoms. The van der Waals surface area contributed by atoms with Crippen LogP contribution in [0.3, 0.4) is 0 Å². The second kappa shape index (κ2) is 7.17. The largest absolute Gasteiger partial charge is 0.497 e. The molecule has 6 heteroatoms. The van der Waals surface area contributed by atoms with Crippen molar-refractivity contribution in [1.29, 1.82) is 0 Å². The maximum atomic E-state index is 11.0. The monoisotopic (exact) mass is 294 g/mol. The summed E-state index contributed by atoms with van der Waals surface area (Å²) < 4.78 is 16.1. The SMILES string of the molecule is COc1ccc(OCC2CNC(=O)O2)c(CNC(C)C)c1. The molecular formula is C15H22N2O4. The van der Waals surface area contributed by atoms with Gasteiger partial charge in [-0.05, 0) is 18.2 Å². The van der Waals surface area contributed by atoms with Crippen LogP contribution in [0.15, 0.2) is 18.2 Å².